The highest BCUT2D eigenvalue weighted by Gasteiger charge is 2.32. The van der Waals surface area contributed by atoms with Gasteiger partial charge in [0.1, 0.15) is 0 Å². The van der Waals surface area contributed by atoms with E-state index in [2.05, 4.69) is 28.9 Å². The second-order valence-electron chi connectivity index (χ2n) is 6.87. The summed E-state index contributed by atoms with van der Waals surface area (Å²) < 4.78 is 11.0. The Kier molecular flexibility index (Phi) is 4.51. The van der Waals surface area contributed by atoms with Crippen molar-refractivity contribution in [1.29, 1.82) is 0 Å². The Balaban J connectivity index is 1.69. The van der Waals surface area contributed by atoms with Gasteiger partial charge in [-0.2, -0.15) is 0 Å². The average molecular weight is 354 g/mol. The minimum Gasteiger partial charge on any atom is -0.481 e. The van der Waals surface area contributed by atoms with E-state index in [0.717, 1.165) is 41.4 Å². The van der Waals surface area contributed by atoms with Crippen LogP contribution in [0.4, 0.5) is 0 Å². The smallest absolute Gasteiger partial charge is 0.306 e. The van der Waals surface area contributed by atoms with Crippen LogP contribution in [0, 0.1) is 12.8 Å². The summed E-state index contributed by atoms with van der Waals surface area (Å²) in [6.45, 7) is 3.76. The van der Waals surface area contributed by atoms with Crippen LogP contribution in [-0.2, 0) is 4.79 Å². The highest BCUT2D eigenvalue weighted by atomic mass is 16.7. The zero-order valence-electron chi connectivity index (χ0n) is 14.7. The van der Waals surface area contributed by atoms with E-state index in [1.807, 2.05) is 24.4 Å². The van der Waals surface area contributed by atoms with Crippen LogP contribution in [0.5, 0.6) is 11.5 Å². The van der Waals surface area contributed by atoms with Gasteiger partial charge in [0.05, 0.1) is 17.7 Å². The highest BCUT2D eigenvalue weighted by molar-refractivity contribution is 5.70. The molecule has 1 aromatic carbocycles. The van der Waals surface area contributed by atoms with Gasteiger partial charge >= 0.3 is 5.97 Å². The molecule has 1 unspecified atom stereocenters. The lowest BCUT2D eigenvalue weighted by molar-refractivity contribution is -0.143. The van der Waals surface area contributed by atoms with Gasteiger partial charge < -0.3 is 14.6 Å². The normalized spacial score (nSPS) is 18.7. The minimum absolute atomic E-state index is 0.0274. The topological polar surface area (TPSA) is 71.9 Å². The predicted molar refractivity (Wildman–Crippen MR) is 95.3 cm³/mol. The van der Waals surface area contributed by atoms with E-state index < -0.39 is 5.97 Å². The van der Waals surface area contributed by atoms with Crippen molar-refractivity contribution in [3.05, 3.63) is 53.3 Å². The molecule has 1 saturated heterocycles. The molecule has 136 valence electrons. The van der Waals surface area contributed by atoms with Crippen LogP contribution >= 0.6 is 0 Å². The van der Waals surface area contributed by atoms with Crippen molar-refractivity contribution >= 4 is 5.97 Å². The second kappa shape index (κ2) is 6.96. The van der Waals surface area contributed by atoms with E-state index >= 15 is 0 Å². The van der Waals surface area contributed by atoms with Crippen LogP contribution in [-0.4, -0.2) is 40.8 Å². The molecule has 2 aromatic rings. The van der Waals surface area contributed by atoms with Crippen LogP contribution in [0.2, 0.25) is 0 Å². The molecular weight excluding hydrogens is 332 g/mol. The molecule has 0 saturated carbocycles. The second-order valence-corrected chi connectivity index (χ2v) is 6.87. The number of piperidine rings is 1. The summed E-state index contributed by atoms with van der Waals surface area (Å²) in [5.74, 6) is 0.558. The van der Waals surface area contributed by atoms with Crippen LogP contribution in [0.15, 0.2) is 36.5 Å². The van der Waals surface area contributed by atoms with Gasteiger partial charge in [0, 0.05) is 6.20 Å². The molecule has 4 rings (SSSR count). The summed E-state index contributed by atoms with van der Waals surface area (Å²) in [6.07, 6.45) is 3.12. The number of hydrogen-bond acceptors (Lipinski definition) is 5. The minimum atomic E-state index is -0.696. The first kappa shape index (κ1) is 16.8. The molecule has 2 aliphatic rings. The summed E-state index contributed by atoms with van der Waals surface area (Å²) in [5.41, 5.74) is 3.21. The number of likely N-dealkylation sites (tertiary alicyclic amines) is 1. The predicted octanol–water partition coefficient (Wildman–Crippen LogP) is 3.00. The number of benzene rings is 1. The number of aromatic nitrogens is 1. The standard InChI is InChI=1S/C20H22N2O4/c1-13-3-2-8-21-18(13)19(22-9-6-14(7-10-22)20(23)24)15-4-5-16-17(11-15)26-12-25-16/h2-5,8,11,14,19H,6-7,9-10,12H2,1H3,(H,23,24). The number of fused-ring (bicyclic) bond motifs is 1. The van der Waals surface area contributed by atoms with Crippen LogP contribution in [0.1, 0.15) is 35.7 Å². The van der Waals surface area contributed by atoms with Crippen molar-refractivity contribution in [2.45, 2.75) is 25.8 Å². The highest BCUT2D eigenvalue weighted by Crippen LogP contribution is 2.39. The van der Waals surface area contributed by atoms with E-state index in [1.54, 1.807) is 0 Å². The number of nitrogens with zero attached hydrogens (tertiary/aromatic N) is 2. The molecule has 1 aromatic heterocycles. The van der Waals surface area contributed by atoms with Gasteiger partial charge in [-0.3, -0.25) is 14.7 Å². The lowest BCUT2D eigenvalue weighted by Gasteiger charge is -2.37. The largest absolute Gasteiger partial charge is 0.481 e. The molecule has 3 heterocycles. The summed E-state index contributed by atoms with van der Waals surface area (Å²) >= 11 is 0. The van der Waals surface area contributed by atoms with Crippen LogP contribution in [0.3, 0.4) is 0 Å². The van der Waals surface area contributed by atoms with Gasteiger partial charge in [-0.1, -0.05) is 12.1 Å². The van der Waals surface area contributed by atoms with Crippen LogP contribution < -0.4 is 9.47 Å². The summed E-state index contributed by atoms with van der Waals surface area (Å²) in [5, 5.41) is 9.29. The molecular formula is C20H22N2O4. The maximum Gasteiger partial charge on any atom is 0.306 e. The number of hydrogen-bond donors (Lipinski definition) is 1. The first-order valence-corrected chi connectivity index (χ1v) is 8.91. The van der Waals surface area contributed by atoms with Crippen LogP contribution in [0.25, 0.3) is 0 Å². The fraction of sp³-hybridized carbons (Fsp3) is 0.400. The van der Waals surface area contributed by atoms with Crippen molar-refractivity contribution in [1.82, 2.24) is 9.88 Å². The molecule has 6 heteroatoms. The van der Waals surface area contributed by atoms with Gasteiger partial charge in [0.15, 0.2) is 11.5 Å². The van der Waals surface area contributed by atoms with Gasteiger partial charge in [-0.25, -0.2) is 0 Å². The van der Waals surface area contributed by atoms with Gasteiger partial charge in [-0.15, -0.1) is 0 Å². The third-order valence-electron chi connectivity index (χ3n) is 5.27. The molecule has 1 N–H and O–H groups in total. The van der Waals surface area contributed by atoms with Crippen molar-refractivity contribution in [2.24, 2.45) is 5.92 Å². The Hall–Kier alpha value is -2.60. The SMILES string of the molecule is Cc1cccnc1C(c1ccc2c(c1)OCO2)N1CCC(C(=O)O)CC1. The van der Waals surface area contributed by atoms with Gasteiger partial charge in [0.25, 0.3) is 0 Å². The summed E-state index contributed by atoms with van der Waals surface area (Å²) in [7, 11) is 0. The van der Waals surface area contributed by atoms with E-state index in [9.17, 15) is 9.90 Å². The van der Waals surface area contributed by atoms with E-state index in [0.29, 0.717) is 12.8 Å². The molecule has 1 fully saturated rings. The van der Waals surface area contributed by atoms with Gasteiger partial charge in [-0.05, 0) is 62.2 Å². The molecule has 2 aliphatic heterocycles. The van der Waals surface area contributed by atoms with E-state index in [1.165, 1.54) is 0 Å². The Labute approximate surface area is 152 Å². The maximum absolute atomic E-state index is 11.3. The number of aliphatic carboxylic acids is 1. The number of carboxylic acid groups (broad SMARTS) is 1. The maximum atomic E-state index is 11.3. The molecule has 6 nitrogen and oxygen atoms in total. The third kappa shape index (κ3) is 3.12. The van der Waals surface area contributed by atoms with Crippen molar-refractivity contribution in [3.63, 3.8) is 0 Å². The summed E-state index contributed by atoms with van der Waals surface area (Å²) in [6, 6.07) is 9.98. The Morgan fingerprint density at radius 3 is 2.73 bits per heavy atom. The van der Waals surface area contributed by atoms with E-state index in [4.69, 9.17) is 9.47 Å². The van der Waals surface area contributed by atoms with Crippen molar-refractivity contribution in [3.8, 4) is 11.5 Å². The number of carbonyl (C=O) groups is 1. The molecule has 0 radical (unpaired) electrons. The Morgan fingerprint density at radius 2 is 2.00 bits per heavy atom. The number of ether oxygens (including phenoxy) is 2. The molecule has 0 bridgehead atoms. The molecule has 0 aliphatic carbocycles. The molecule has 0 amide bonds. The average Bonchev–Trinajstić information content (AvgIpc) is 3.12. The number of carboxylic acids is 1. The fourth-order valence-corrected chi connectivity index (χ4v) is 3.81. The number of aryl methyl sites for hydroxylation is 1. The Bertz CT molecular complexity index is 815. The first-order chi connectivity index (χ1) is 12.6. The number of rotatable bonds is 4. The molecule has 0 spiro atoms. The van der Waals surface area contributed by atoms with Crippen molar-refractivity contribution in [2.75, 3.05) is 19.9 Å². The monoisotopic (exact) mass is 354 g/mol. The lowest BCUT2D eigenvalue weighted by atomic mass is 9.92. The zero-order chi connectivity index (χ0) is 18.1. The zero-order valence-corrected chi connectivity index (χ0v) is 14.7. The lowest BCUT2D eigenvalue weighted by Crippen LogP contribution is -2.39. The molecule has 1 atom stereocenters. The number of pyridine rings is 1. The van der Waals surface area contributed by atoms with Crippen molar-refractivity contribution < 1.29 is 19.4 Å². The molecule has 26 heavy (non-hydrogen) atoms. The fourth-order valence-electron chi connectivity index (χ4n) is 3.81. The Morgan fingerprint density at radius 1 is 1.23 bits per heavy atom. The quantitative estimate of drug-likeness (QED) is 0.910. The third-order valence-corrected chi connectivity index (χ3v) is 5.27. The van der Waals surface area contributed by atoms with Gasteiger partial charge in [0.2, 0.25) is 6.79 Å². The summed E-state index contributed by atoms with van der Waals surface area (Å²) in [4.78, 5) is 18.3. The van der Waals surface area contributed by atoms with E-state index in [-0.39, 0.29) is 18.8 Å². The first-order valence-electron chi connectivity index (χ1n) is 8.91.